The minimum Gasteiger partial charge on any atom is -0.477 e. The molecule has 0 saturated carbocycles. The molecule has 0 aliphatic heterocycles. The zero-order chi connectivity index (χ0) is 15.4. The standard InChI is InChI=1S/C14H13N3O3S/c1-17(2)13(18)9-3-4-12(16-8-9)21-10-5-6-15-11(7-10)14(19)20/h3-8H,1-2H3,(H,19,20). The Hall–Kier alpha value is -2.41. The Morgan fingerprint density at radius 1 is 1.19 bits per heavy atom. The van der Waals surface area contributed by atoms with Crippen LogP contribution in [0.5, 0.6) is 0 Å². The average molecular weight is 303 g/mol. The number of hydrogen-bond donors (Lipinski definition) is 1. The lowest BCUT2D eigenvalue weighted by molar-refractivity contribution is 0.0689. The normalized spacial score (nSPS) is 10.2. The third kappa shape index (κ3) is 3.79. The molecule has 0 radical (unpaired) electrons. The van der Waals surface area contributed by atoms with Gasteiger partial charge in [0.05, 0.1) is 5.56 Å². The number of rotatable bonds is 4. The Labute approximate surface area is 125 Å². The van der Waals surface area contributed by atoms with E-state index < -0.39 is 5.97 Å². The van der Waals surface area contributed by atoms with Crippen molar-refractivity contribution in [1.29, 1.82) is 0 Å². The Balaban J connectivity index is 2.15. The molecule has 0 unspecified atom stereocenters. The molecule has 0 aromatic carbocycles. The van der Waals surface area contributed by atoms with Gasteiger partial charge >= 0.3 is 5.97 Å². The molecular weight excluding hydrogens is 290 g/mol. The molecule has 0 aliphatic rings. The van der Waals surface area contributed by atoms with Crippen molar-refractivity contribution in [3.8, 4) is 0 Å². The molecule has 2 rings (SSSR count). The summed E-state index contributed by atoms with van der Waals surface area (Å²) in [6.07, 6.45) is 2.94. The Morgan fingerprint density at radius 2 is 1.95 bits per heavy atom. The summed E-state index contributed by atoms with van der Waals surface area (Å²) in [6.45, 7) is 0. The fourth-order valence-electron chi connectivity index (χ4n) is 1.54. The second-order valence-electron chi connectivity index (χ2n) is 4.37. The Kier molecular flexibility index (Phi) is 4.54. The van der Waals surface area contributed by atoms with E-state index in [2.05, 4.69) is 9.97 Å². The van der Waals surface area contributed by atoms with Crippen molar-refractivity contribution in [2.45, 2.75) is 9.92 Å². The predicted octanol–water partition coefficient (Wildman–Crippen LogP) is 2.03. The van der Waals surface area contributed by atoms with Crippen LogP contribution in [0.2, 0.25) is 0 Å². The third-order valence-electron chi connectivity index (χ3n) is 2.56. The number of hydrogen-bond acceptors (Lipinski definition) is 5. The first-order chi connectivity index (χ1) is 9.97. The first-order valence-electron chi connectivity index (χ1n) is 6.02. The highest BCUT2D eigenvalue weighted by Crippen LogP contribution is 2.26. The summed E-state index contributed by atoms with van der Waals surface area (Å²) in [5, 5.41) is 9.57. The zero-order valence-corrected chi connectivity index (χ0v) is 12.3. The molecule has 2 aromatic rings. The number of aromatic nitrogens is 2. The van der Waals surface area contributed by atoms with Gasteiger partial charge in [0.1, 0.15) is 10.7 Å². The van der Waals surface area contributed by atoms with Gasteiger partial charge in [-0.3, -0.25) is 4.79 Å². The van der Waals surface area contributed by atoms with E-state index in [1.165, 1.54) is 35.1 Å². The molecule has 0 bridgehead atoms. The van der Waals surface area contributed by atoms with Gasteiger partial charge in [-0.2, -0.15) is 0 Å². The number of aromatic carboxylic acids is 1. The first kappa shape index (κ1) is 15.0. The van der Waals surface area contributed by atoms with Crippen LogP contribution in [-0.4, -0.2) is 45.9 Å². The topological polar surface area (TPSA) is 83.4 Å². The van der Waals surface area contributed by atoms with Gasteiger partial charge in [0, 0.05) is 31.4 Å². The molecule has 1 N–H and O–H groups in total. The maximum Gasteiger partial charge on any atom is 0.354 e. The van der Waals surface area contributed by atoms with Crippen LogP contribution in [0.4, 0.5) is 0 Å². The summed E-state index contributed by atoms with van der Waals surface area (Å²) >= 11 is 1.31. The second-order valence-corrected chi connectivity index (χ2v) is 5.46. The fraction of sp³-hybridized carbons (Fsp3) is 0.143. The lowest BCUT2D eigenvalue weighted by atomic mass is 10.2. The number of carbonyl (C=O) groups excluding carboxylic acids is 1. The van der Waals surface area contributed by atoms with Gasteiger partial charge in [0.15, 0.2) is 0 Å². The molecule has 0 atom stereocenters. The molecule has 0 fully saturated rings. The fourth-order valence-corrected chi connectivity index (χ4v) is 2.32. The number of carbonyl (C=O) groups is 2. The monoisotopic (exact) mass is 303 g/mol. The van der Waals surface area contributed by atoms with Crippen LogP contribution < -0.4 is 0 Å². The van der Waals surface area contributed by atoms with Gasteiger partial charge in [0.2, 0.25) is 0 Å². The lowest BCUT2D eigenvalue weighted by Gasteiger charge is -2.09. The molecule has 2 aromatic heterocycles. The van der Waals surface area contributed by atoms with E-state index in [-0.39, 0.29) is 11.6 Å². The van der Waals surface area contributed by atoms with Crippen molar-refractivity contribution in [1.82, 2.24) is 14.9 Å². The number of carboxylic acids is 1. The molecule has 108 valence electrons. The molecule has 6 nitrogen and oxygen atoms in total. The van der Waals surface area contributed by atoms with Gasteiger partial charge in [-0.15, -0.1) is 0 Å². The van der Waals surface area contributed by atoms with Crippen molar-refractivity contribution in [3.63, 3.8) is 0 Å². The average Bonchev–Trinajstić information content (AvgIpc) is 2.47. The third-order valence-corrected chi connectivity index (χ3v) is 3.50. The lowest BCUT2D eigenvalue weighted by Crippen LogP contribution is -2.21. The predicted molar refractivity (Wildman–Crippen MR) is 77.6 cm³/mol. The van der Waals surface area contributed by atoms with Crippen molar-refractivity contribution < 1.29 is 14.7 Å². The van der Waals surface area contributed by atoms with Gasteiger partial charge in [-0.05, 0) is 24.3 Å². The minimum atomic E-state index is -1.07. The highest BCUT2D eigenvalue weighted by molar-refractivity contribution is 7.99. The number of pyridine rings is 2. The summed E-state index contributed by atoms with van der Waals surface area (Å²) in [5.41, 5.74) is 0.490. The van der Waals surface area contributed by atoms with Crippen LogP contribution in [-0.2, 0) is 0 Å². The summed E-state index contributed by atoms with van der Waals surface area (Å²) in [6, 6.07) is 6.60. The van der Waals surface area contributed by atoms with Crippen LogP contribution >= 0.6 is 11.8 Å². The highest BCUT2D eigenvalue weighted by Gasteiger charge is 2.09. The van der Waals surface area contributed by atoms with Crippen LogP contribution in [0, 0.1) is 0 Å². The van der Waals surface area contributed by atoms with Gasteiger partial charge < -0.3 is 10.0 Å². The zero-order valence-electron chi connectivity index (χ0n) is 11.5. The summed E-state index contributed by atoms with van der Waals surface area (Å²) in [7, 11) is 3.35. The molecule has 0 aliphatic carbocycles. The van der Waals surface area contributed by atoms with Gasteiger partial charge in [0.25, 0.3) is 5.91 Å². The maximum absolute atomic E-state index is 11.7. The number of amides is 1. The minimum absolute atomic E-state index is 0.0144. The molecular formula is C14H13N3O3S. The van der Waals surface area contributed by atoms with Crippen molar-refractivity contribution >= 4 is 23.6 Å². The van der Waals surface area contributed by atoms with E-state index in [4.69, 9.17) is 5.11 Å². The van der Waals surface area contributed by atoms with E-state index >= 15 is 0 Å². The first-order valence-corrected chi connectivity index (χ1v) is 6.84. The molecule has 2 heterocycles. The molecule has 0 saturated heterocycles. The molecule has 7 heteroatoms. The SMILES string of the molecule is CN(C)C(=O)c1ccc(Sc2ccnc(C(=O)O)c2)nc1. The van der Waals surface area contributed by atoms with Crippen LogP contribution in [0.15, 0.2) is 46.6 Å². The van der Waals surface area contributed by atoms with Crippen LogP contribution in [0.25, 0.3) is 0 Å². The van der Waals surface area contributed by atoms with Crippen molar-refractivity contribution in [3.05, 3.63) is 47.9 Å². The van der Waals surface area contributed by atoms with E-state index in [1.807, 2.05) is 0 Å². The second kappa shape index (κ2) is 6.36. The van der Waals surface area contributed by atoms with Gasteiger partial charge in [-0.25, -0.2) is 14.8 Å². The molecule has 1 amide bonds. The Morgan fingerprint density at radius 3 is 2.52 bits per heavy atom. The smallest absolute Gasteiger partial charge is 0.354 e. The molecule has 21 heavy (non-hydrogen) atoms. The van der Waals surface area contributed by atoms with E-state index in [9.17, 15) is 9.59 Å². The maximum atomic E-state index is 11.7. The largest absolute Gasteiger partial charge is 0.477 e. The number of nitrogens with zero attached hydrogens (tertiary/aromatic N) is 3. The Bertz CT molecular complexity index is 671. The van der Waals surface area contributed by atoms with E-state index in [1.54, 1.807) is 32.3 Å². The van der Waals surface area contributed by atoms with E-state index in [0.29, 0.717) is 10.6 Å². The summed E-state index contributed by atoms with van der Waals surface area (Å²) in [4.78, 5) is 32.8. The summed E-state index contributed by atoms with van der Waals surface area (Å²) < 4.78 is 0. The van der Waals surface area contributed by atoms with Crippen molar-refractivity contribution in [2.75, 3.05) is 14.1 Å². The van der Waals surface area contributed by atoms with E-state index in [0.717, 1.165) is 4.90 Å². The highest BCUT2D eigenvalue weighted by atomic mass is 32.2. The van der Waals surface area contributed by atoms with Crippen LogP contribution in [0.1, 0.15) is 20.8 Å². The molecule has 0 spiro atoms. The summed E-state index contributed by atoms with van der Waals surface area (Å²) in [5.74, 6) is -1.19. The van der Waals surface area contributed by atoms with Crippen molar-refractivity contribution in [2.24, 2.45) is 0 Å². The van der Waals surface area contributed by atoms with Crippen LogP contribution in [0.3, 0.4) is 0 Å². The number of carboxylic acid groups (broad SMARTS) is 1. The quantitative estimate of drug-likeness (QED) is 0.930. The van der Waals surface area contributed by atoms with Gasteiger partial charge in [-0.1, -0.05) is 11.8 Å².